The van der Waals surface area contributed by atoms with E-state index in [-0.39, 0.29) is 11.4 Å². The van der Waals surface area contributed by atoms with Crippen LogP contribution in [0.4, 0.5) is 0 Å². The Morgan fingerprint density at radius 3 is 2.52 bits per heavy atom. The van der Waals surface area contributed by atoms with E-state index in [9.17, 15) is 0 Å². The Balaban J connectivity index is 1.63. The molecule has 2 aromatic rings. The third kappa shape index (κ3) is 2.60. The maximum absolute atomic E-state index is 5.97. The molecule has 0 N–H and O–H groups in total. The fourth-order valence-corrected chi connectivity index (χ4v) is 3.63. The fourth-order valence-electron chi connectivity index (χ4n) is 2.69. The predicted molar refractivity (Wildman–Crippen MR) is 94.8 cm³/mol. The second-order valence-electron chi connectivity index (χ2n) is 5.25. The number of hydrogen-bond acceptors (Lipinski definition) is 5. The van der Waals surface area contributed by atoms with Crippen LogP contribution < -0.4 is 0 Å². The molecular formula is C17H14ClN3OS. The predicted octanol–water partition coefficient (Wildman–Crippen LogP) is 4.13. The third-order valence-electron chi connectivity index (χ3n) is 3.82. The highest BCUT2D eigenvalue weighted by molar-refractivity contribution is 7.99. The molecule has 0 bridgehead atoms. The van der Waals surface area contributed by atoms with Gasteiger partial charge >= 0.3 is 6.02 Å². The molecule has 0 radical (unpaired) electrons. The quantitative estimate of drug-likeness (QED) is 0.840. The van der Waals surface area contributed by atoms with Gasteiger partial charge in [0, 0.05) is 10.6 Å². The molecular weight excluding hydrogens is 330 g/mol. The molecule has 0 spiro atoms. The lowest BCUT2D eigenvalue weighted by Gasteiger charge is -2.20. The minimum absolute atomic E-state index is 0.0154. The highest BCUT2D eigenvalue weighted by atomic mass is 35.5. The van der Waals surface area contributed by atoms with Gasteiger partial charge in [-0.15, -0.1) is 16.9 Å². The number of rotatable bonds is 3. The first kappa shape index (κ1) is 14.6. The van der Waals surface area contributed by atoms with E-state index >= 15 is 0 Å². The van der Waals surface area contributed by atoms with Crippen LogP contribution >= 0.6 is 23.4 Å². The topological polar surface area (TPSA) is 37.2 Å². The van der Waals surface area contributed by atoms with Crippen LogP contribution in [0.5, 0.6) is 0 Å². The first-order valence-corrected chi connectivity index (χ1v) is 8.90. The second kappa shape index (κ2) is 5.91. The summed E-state index contributed by atoms with van der Waals surface area (Å²) < 4.78 is 5.87. The SMILES string of the molecule is CS[C@H]1[C@@H](c2ccc(Cl)cc2)N=C2OC(c3ccccc3)=NN21. The van der Waals surface area contributed by atoms with Crippen molar-refractivity contribution in [1.29, 1.82) is 0 Å². The van der Waals surface area contributed by atoms with Crippen molar-refractivity contribution >= 4 is 35.3 Å². The number of hydrogen-bond donors (Lipinski definition) is 0. The van der Waals surface area contributed by atoms with E-state index in [1.54, 1.807) is 11.8 Å². The average Bonchev–Trinajstić information content (AvgIpc) is 3.14. The maximum atomic E-state index is 5.97. The van der Waals surface area contributed by atoms with Crippen LogP contribution in [0, 0.1) is 0 Å². The zero-order chi connectivity index (χ0) is 15.8. The summed E-state index contributed by atoms with van der Waals surface area (Å²) in [5.74, 6) is 0.595. The summed E-state index contributed by atoms with van der Waals surface area (Å²) in [7, 11) is 0. The summed E-state index contributed by atoms with van der Waals surface area (Å²) in [5, 5.41) is 7.28. The number of ether oxygens (including phenoxy) is 1. The summed E-state index contributed by atoms with van der Waals surface area (Å²) in [5.41, 5.74) is 2.06. The molecule has 4 nitrogen and oxygen atoms in total. The molecule has 2 aromatic carbocycles. The molecule has 23 heavy (non-hydrogen) atoms. The number of halogens is 1. The van der Waals surface area contributed by atoms with Gasteiger partial charge in [0.1, 0.15) is 11.4 Å². The molecule has 4 rings (SSSR count). The van der Waals surface area contributed by atoms with Gasteiger partial charge in [0.05, 0.1) is 0 Å². The first-order valence-electron chi connectivity index (χ1n) is 7.23. The summed E-state index contributed by atoms with van der Waals surface area (Å²) >= 11 is 7.68. The van der Waals surface area contributed by atoms with Crippen LogP contribution in [-0.4, -0.2) is 28.6 Å². The Kier molecular flexibility index (Phi) is 3.75. The van der Waals surface area contributed by atoms with Gasteiger partial charge < -0.3 is 4.74 Å². The largest absolute Gasteiger partial charge is 0.403 e. The standard InChI is InChI=1S/C17H14ClN3OS/c1-23-16-14(11-7-9-13(18)10-8-11)19-17-21(16)20-15(22-17)12-5-3-2-4-6-12/h2-10,14,16H,1H3/t14-,16+/m1/s1. The van der Waals surface area contributed by atoms with Gasteiger partial charge in [-0.05, 0) is 36.1 Å². The zero-order valence-electron chi connectivity index (χ0n) is 12.4. The molecule has 116 valence electrons. The van der Waals surface area contributed by atoms with Crippen LogP contribution in [0.1, 0.15) is 17.2 Å². The molecule has 2 aliphatic rings. The smallest absolute Gasteiger partial charge is 0.317 e. The maximum Gasteiger partial charge on any atom is 0.317 e. The molecule has 6 heteroatoms. The normalized spacial score (nSPS) is 22.4. The van der Waals surface area contributed by atoms with E-state index < -0.39 is 0 Å². The van der Waals surface area contributed by atoms with Gasteiger partial charge in [0.2, 0.25) is 5.90 Å². The van der Waals surface area contributed by atoms with Gasteiger partial charge in [0.15, 0.2) is 0 Å². The third-order valence-corrected chi connectivity index (χ3v) is 5.01. The number of thioether (sulfide) groups is 1. The molecule has 0 fully saturated rings. The molecule has 2 atom stereocenters. The monoisotopic (exact) mass is 343 g/mol. The molecule has 0 unspecified atom stereocenters. The molecule has 0 aliphatic carbocycles. The average molecular weight is 344 g/mol. The van der Waals surface area contributed by atoms with Crippen LogP contribution in [0.2, 0.25) is 5.02 Å². The van der Waals surface area contributed by atoms with Gasteiger partial charge in [-0.3, -0.25) is 0 Å². The summed E-state index contributed by atoms with van der Waals surface area (Å²) in [6.45, 7) is 0. The van der Waals surface area contributed by atoms with Crippen LogP contribution in [0.15, 0.2) is 64.7 Å². The number of fused-ring (bicyclic) bond motifs is 1. The second-order valence-corrected chi connectivity index (χ2v) is 6.64. The fraction of sp³-hybridized carbons (Fsp3) is 0.176. The molecule has 2 heterocycles. The molecule has 0 saturated heterocycles. The van der Waals surface area contributed by atoms with E-state index in [4.69, 9.17) is 21.3 Å². The molecule has 0 amide bonds. The van der Waals surface area contributed by atoms with Gasteiger partial charge in [-0.1, -0.05) is 41.9 Å². The van der Waals surface area contributed by atoms with E-state index in [0.717, 1.165) is 16.1 Å². The van der Waals surface area contributed by atoms with Crippen molar-refractivity contribution in [3.63, 3.8) is 0 Å². The Morgan fingerprint density at radius 1 is 1.09 bits per heavy atom. The van der Waals surface area contributed by atoms with Crippen molar-refractivity contribution in [2.45, 2.75) is 11.4 Å². The van der Waals surface area contributed by atoms with Crippen molar-refractivity contribution in [2.24, 2.45) is 10.1 Å². The van der Waals surface area contributed by atoms with Crippen molar-refractivity contribution in [2.75, 3.05) is 6.26 Å². The molecule has 2 aliphatic heterocycles. The van der Waals surface area contributed by atoms with Crippen LogP contribution in [0.3, 0.4) is 0 Å². The minimum Gasteiger partial charge on any atom is -0.403 e. The number of nitrogens with zero attached hydrogens (tertiary/aromatic N) is 3. The van der Waals surface area contributed by atoms with Crippen LogP contribution in [-0.2, 0) is 4.74 Å². The summed E-state index contributed by atoms with van der Waals surface area (Å²) in [4.78, 5) is 4.72. The number of aliphatic imine (C=N–C) groups is 1. The van der Waals surface area contributed by atoms with E-state index in [1.165, 1.54) is 0 Å². The van der Waals surface area contributed by atoms with E-state index in [0.29, 0.717) is 11.9 Å². The molecule has 0 aromatic heterocycles. The Morgan fingerprint density at radius 2 is 1.83 bits per heavy atom. The lowest BCUT2D eigenvalue weighted by atomic mass is 10.1. The minimum atomic E-state index is -0.0154. The van der Waals surface area contributed by atoms with Crippen molar-refractivity contribution < 1.29 is 4.74 Å². The van der Waals surface area contributed by atoms with Crippen molar-refractivity contribution in [1.82, 2.24) is 5.01 Å². The summed E-state index contributed by atoms with van der Waals surface area (Å²) in [6, 6.07) is 18.2. The summed E-state index contributed by atoms with van der Waals surface area (Å²) in [6.07, 6.45) is 2.06. The highest BCUT2D eigenvalue weighted by Gasteiger charge is 2.42. The number of benzene rings is 2. The Hall–Kier alpha value is -1.98. The Labute approximate surface area is 143 Å². The van der Waals surface area contributed by atoms with Crippen molar-refractivity contribution in [3.05, 3.63) is 70.7 Å². The van der Waals surface area contributed by atoms with Gasteiger partial charge in [0.25, 0.3) is 0 Å². The first-order chi connectivity index (χ1) is 11.3. The van der Waals surface area contributed by atoms with Gasteiger partial charge in [-0.25, -0.2) is 4.99 Å². The lowest BCUT2D eigenvalue weighted by Crippen LogP contribution is -2.27. The zero-order valence-corrected chi connectivity index (χ0v) is 14.0. The van der Waals surface area contributed by atoms with E-state index in [2.05, 4.69) is 11.4 Å². The van der Waals surface area contributed by atoms with E-state index in [1.807, 2.05) is 59.6 Å². The highest BCUT2D eigenvalue weighted by Crippen LogP contribution is 2.39. The van der Waals surface area contributed by atoms with Crippen molar-refractivity contribution in [3.8, 4) is 0 Å². The lowest BCUT2D eigenvalue weighted by molar-refractivity contribution is 0.400. The van der Waals surface area contributed by atoms with Gasteiger partial charge in [-0.2, -0.15) is 5.01 Å². The molecule has 0 saturated carbocycles. The van der Waals surface area contributed by atoms with Crippen LogP contribution in [0.25, 0.3) is 0 Å². The number of amidine groups is 1. The Bertz CT molecular complexity index is 776. The number of hydrazone groups is 1.